The fourth-order valence-corrected chi connectivity index (χ4v) is 3.44. The van der Waals surface area contributed by atoms with Gasteiger partial charge in [-0.1, -0.05) is 46.3 Å². The highest BCUT2D eigenvalue weighted by molar-refractivity contribution is 9.10. The molecule has 0 unspecified atom stereocenters. The number of hydrogen-bond donors (Lipinski definition) is 1. The van der Waals surface area contributed by atoms with Crippen molar-refractivity contribution in [1.82, 2.24) is 9.78 Å². The van der Waals surface area contributed by atoms with E-state index in [1.54, 1.807) is 10.9 Å². The molecule has 1 N–H and O–H groups in total. The lowest BCUT2D eigenvalue weighted by atomic mass is 10.2. The van der Waals surface area contributed by atoms with Crippen molar-refractivity contribution in [2.24, 2.45) is 0 Å². The summed E-state index contributed by atoms with van der Waals surface area (Å²) in [5.74, 6) is -0.605. The molecule has 2 aromatic carbocycles. The van der Waals surface area contributed by atoms with Gasteiger partial charge in [-0.05, 0) is 29.8 Å². The standard InChI is InChI=1S/C20H18BrN3O3S/c1-27-20(26)19-17(12-24(23-19)11-14-5-3-2-4-6-14)22-18(25)13-28-16-9-7-15(21)8-10-16/h2-10,12H,11,13H2,1H3,(H,22,25). The molecule has 0 bridgehead atoms. The molecule has 0 aliphatic carbocycles. The molecule has 0 atom stereocenters. The number of benzene rings is 2. The van der Waals surface area contributed by atoms with Crippen LogP contribution in [0.4, 0.5) is 5.69 Å². The van der Waals surface area contributed by atoms with Crippen LogP contribution in [0, 0.1) is 0 Å². The maximum absolute atomic E-state index is 12.4. The number of rotatable bonds is 7. The number of thioether (sulfide) groups is 1. The normalized spacial score (nSPS) is 10.5. The minimum Gasteiger partial charge on any atom is -0.464 e. The SMILES string of the molecule is COC(=O)c1nn(Cc2ccccc2)cc1NC(=O)CSc1ccc(Br)cc1. The second-order valence-electron chi connectivity index (χ2n) is 5.86. The number of hydrogen-bond acceptors (Lipinski definition) is 5. The molecule has 8 heteroatoms. The molecule has 1 aromatic heterocycles. The van der Waals surface area contributed by atoms with Crippen molar-refractivity contribution in [1.29, 1.82) is 0 Å². The van der Waals surface area contributed by atoms with Crippen LogP contribution < -0.4 is 5.32 Å². The quantitative estimate of drug-likeness (QED) is 0.423. The molecule has 0 saturated heterocycles. The molecule has 1 amide bonds. The van der Waals surface area contributed by atoms with Crippen LogP contribution in [0.15, 0.2) is 70.2 Å². The van der Waals surface area contributed by atoms with Crippen LogP contribution in [0.1, 0.15) is 16.1 Å². The van der Waals surface area contributed by atoms with Gasteiger partial charge in [-0.2, -0.15) is 5.10 Å². The van der Waals surface area contributed by atoms with E-state index in [0.717, 1.165) is 14.9 Å². The summed E-state index contributed by atoms with van der Waals surface area (Å²) in [7, 11) is 1.29. The van der Waals surface area contributed by atoms with Gasteiger partial charge in [-0.3, -0.25) is 9.48 Å². The van der Waals surface area contributed by atoms with E-state index in [2.05, 4.69) is 26.3 Å². The Kier molecular flexibility index (Phi) is 6.89. The summed E-state index contributed by atoms with van der Waals surface area (Å²) in [5, 5.41) is 7.03. The third kappa shape index (κ3) is 5.46. The van der Waals surface area contributed by atoms with Crippen LogP contribution in [0.2, 0.25) is 0 Å². The summed E-state index contributed by atoms with van der Waals surface area (Å²) in [6.07, 6.45) is 1.64. The van der Waals surface area contributed by atoms with Crippen molar-refractivity contribution < 1.29 is 14.3 Å². The number of anilines is 1. The third-order valence-electron chi connectivity index (χ3n) is 3.79. The topological polar surface area (TPSA) is 73.2 Å². The third-order valence-corrected chi connectivity index (χ3v) is 5.33. The van der Waals surface area contributed by atoms with Gasteiger partial charge in [-0.15, -0.1) is 11.8 Å². The fourth-order valence-electron chi connectivity index (χ4n) is 2.48. The number of carbonyl (C=O) groups excluding carboxylic acids is 2. The molecule has 0 fully saturated rings. The zero-order valence-corrected chi connectivity index (χ0v) is 17.5. The highest BCUT2D eigenvalue weighted by atomic mass is 79.9. The largest absolute Gasteiger partial charge is 0.464 e. The van der Waals surface area contributed by atoms with Crippen LogP contribution >= 0.6 is 27.7 Å². The van der Waals surface area contributed by atoms with E-state index in [1.165, 1.54) is 18.9 Å². The van der Waals surface area contributed by atoms with Gasteiger partial charge in [0.2, 0.25) is 5.91 Å². The molecule has 28 heavy (non-hydrogen) atoms. The Labute approximate surface area is 175 Å². The van der Waals surface area contributed by atoms with Gasteiger partial charge in [0.1, 0.15) is 0 Å². The van der Waals surface area contributed by atoms with E-state index >= 15 is 0 Å². The highest BCUT2D eigenvalue weighted by Crippen LogP contribution is 2.22. The zero-order chi connectivity index (χ0) is 19.9. The monoisotopic (exact) mass is 459 g/mol. The fraction of sp³-hybridized carbons (Fsp3) is 0.150. The zero-order valence-electron chi connectivity index (χ0n) is 15.1. The second-order valence-corrected chi connectivity index (χ2v) is 7.82. The van der Waals surface area contributed by atoms with Gasteiger partial charge in [-0.25, -0.2) is 4.79 Å². The minimum atomic E-state index is -0.595. The van der Waals surface area contributed by atoms with Crippen LogP contribution in [0.3, 0.4) is 0 Å². The van der Waals surface area contributed by atoms with E-state index in [9.17, 15) is 9.59 Å². The lowest BCUT2D eigenvalue weighted by Gasteiger charge is -2.05. The first kappa shape index (κ1) is 20.2. The minimum absolute atomic E-state index is 0.0837. The molecule has 0 aliphatic heterocycles. The number of amides is 1. The van der Waals surface area contributed by atoms with Crippen LogP contribution in [0.5, 0.6) is 0 Å². The smallest absolute Gasteiger partial charge is 0.360 e. The molecule has 6 nitrogen and oxygen atoms in total. The summed E-state index contributed by atoms with van der Waals surface area (Å²) < 4.78 is 7.38. The van der Waals surface area contributed by atoms with Gasteiger partial charge >= 0.3 is 5.97 Å². The molecule has 0 saturated carbocycles. The van der Waals surface area contributed by atoms with E-state index in [4.69, 9.17) is 4.74 Å². The average Bonchev–Trinajstić information content (AvgIpc) is 3.09. The molecule has 0 radical (unpaired) electrons. The molecule has 3 rings (SSSR count). The number of ether oxygens (including phenoxy) is 1. The number of nitrogens with zero attached hydrogens (tertiary/aromatic N) is 2. The molecule has 0 aliphatic rings. The Bertz CT molecular complexity index is 959. The Morgan fingerprint density at radius 3 is 2.54 bits per heavy atom. The first-order valence-electron chi connectivity index (χ1n) is 8.43. The van der Waals surface area contributed by atoms with E-state index in [1.807, 2.05) is 54.6 Å². The van der Waals surface area contributed by atoms with Gasteiger partial charge in [0, 0.05) is 15.6 Å². The van der Waals surface area contributed by atoms with Crippen molar-refractivity contribution in [3.63, 3.8) is 0 Å². The predicted octanol–water partition coefficient (Wildman–Crippen LogP) is 4.21. The Hall–Kier alpha value is -2.58. The lowest BCUT2D eigenvalue weighted by Crippen LogP contribution is -2.16. The van der Waals surface area contributed by atoms with Crippen LogP contribution in [-0.2, 0) is 16.1 Å². The Morgan fingerprint density at radius 1 is 1.14 bits per heavy atom. The maximum atomic E-state index is 12.4. The summed E-state index contributed by atoms with van der Waals surface area (Å²) in [6.45, 7) is 0.481. The Balaban J connectivity index is 1.69. The Morgan fingerprint density at radius 2 is 1.86 bits per heavy atom. The van der Waals surface area contributed by atoms with Gasteiger partial charge in [0.25, 0.3) is 0 Å². The molecule has 0 spiro atoms. The lowest BCUT2D eigenvalue weighted by molar-refractivity contribution is -0.113. The van der Waals surface area contributed by atoms with Crippen molar-refractivity contribution in [3.05, 3.63) is 76.5 Å². The van der Waals surface area contributed by atoms with E-state index in [0.29, 0.717) is 12.2 Å². The number of nitrogens with one attached hydrogen (secondary N) is 1. The summed E-state index contributed by atoms with van der Waals surface area (Å²) in [5.41, 5.74) is 1.45. The van der Waals surface area contributed by atoms with E-state index in [-0.39, 0.29) is 17.4 Å². The van der Waals surface area contributed by atoms with Gasteiger partial charge in [0.15, 0.2) is 5.69 Å². The maximum Gasteiger partial charge on any atom is 0.360 e. The number of halogens is 1. The second kappa shape index (κ2) is 9.57. The molecule has 144 valence electrons. The number of esters is 1. The molecular formula is C20H18BrN3O3S. The summed E-state index contributed by atoms with van der Waals surface area (Å²) in [4.78, 5) is 25.4. The summed E-state index contributed by atoms with van der Waals surface area (Å²) >= 11 is 4.79. The van der Waals surface area contributed by atoms with Gasteiger partial charge in [0.05, 0.1) is 25.1 Å². The summed E-state index contributed by atoms with van der Waals surface area (Å²) in [6, 6.07) is 17.4. The van der Waals surface area contributed by atoms with Crippen molar-refractivity contribution >= 4 is 45.3 Å². The molecule has 3 aromatic rings. The molecule has 1 heterocycles. The predicted molar refractivity (Wildman–Crippen MR) is 113 cm³/mol. The molecular weight excluding hydrogens is 442 g/mol. The van der Waals surface area contributed by atoms with Crippen LogP contribution in [-0.4, -0.2) is 34.5 Å². The first-order valence-corrected chi connectivity index (χ1v) is 10.2. The van der Waals surface area contributed by atoms with Gasteiger partial charge < -0.3 is 10.1 Å². The number of carbonyl (C=O) groups is 2. The number of methoxy groups -OCH3 is 1. The average molecular weight is 460 g/mol. The van der Waals surface area contributed by atoms with Crippen molar-refractivity contribution in [3.8, 4) is 0 Å². The van der Waals surface area contributed by atoms with Crippen molar-refractivity contribution in [2.75, 3.05) is 18.2 Å². The highest BCUT2D eigenvalue weighted by Gasteiger charge is 2.19. The number of aromatic nitrogens is 2. The van der Waals surface area contributed by atoms with Crippen molar-refractivity contribution in [2.45, 2.75) is 11.4 Å². The first-order chi connectivity index (χ1) is 13.5. The van der Waals surface area contributed by atoms with E-state index < -0.39 is 5.97 Å². The van der Waals surface area contributed by atoms with Crippen LogP contribution in [0.25, 0.3) is 0 Å².